The van der Waals surface area contributed by atoms with Gasteiger partial charge in [0.2, 0.25) is 5.91 Å². The summed E-state index contributed by atoms with van der Waals surface area (Å²) in [5, 5.41) is 2.75. The maximum atomic E-state index is 11.6. The van der Waals surface area contributed by atoms with Crippen molar-refractivity contribution in [2.24, 2.45) is 0 Å². The van der Waals surface area contributed by atoms with Gasteiger partial charge in [0.25, 0.3) is 0 Å². The first kappa shape index (κ1) is 14.7. The lowest BCUT2D eigenvalue weighted by Crippen LogP contribution is -2.24. The first-order valence-electron chi connectivity index (χ1n) is 6.53. The molecule has 1 aromatic carbocycles. The summed E-state index contributed by atoms with van der Waals surface area (Å²) in [6.45, 7) is 2.56. The molecule has 1 fully saturated rings. The molecule has 1 aliphatic heterocycles. The fraction of sp³-hybridized carbons (Fsp3) is 0.429. The zero-order valence-electron chi connectivity index (χ0n) is 11.4. The predicted molar refractivity (Wildman–Crippen MR) is 80.0 cm³/mol. The quantitative estimate of drug-likeness (QED) is 0.644. The van der Waals surface area contributed by atoms with Crippen LogP contribution in [0.25, 0.3) is 0 Å². The molecule has 2 rings (SSSR count). The highest BCUT2D eigenvalue weighted by Crippen LogP contribution is 2.24. The first-order valence-corrected chi connectivity index (χ1v) is 7.68. The highest BCUT2D eigenvalue weighted by atomic mass is 32.2. The van der Waals surface area contributed by atoms with Crippen molar-refractivity contribution in [2.45, 2.75) is 13.3 Å². The van der Waals surface area contributed by atoms with Crippen LogP contribution in [0.2, 0.25) is 0 Å². The number of carbonyl (C=O) groups excluding carboxylic acids is 2. The van der Waals surface area contributed by atoms with Gasteiger partial charge in [-0.25, -0.2) is 4.79 Å². The molecule has 0 spiro atoms. The third-order valence-corrected chi connectivity index (χ3v) is 3.82. The molecule has 0 radical (unpaired) electrons. The molecule has 1 saturated heterocycles. The molecule has 0 bridgehead atoms. The Morgan fingerprint density at radius 3 is 2.95 bits per heavy atom. The summed E-state index contributed by atoms with van der Waals surface area (Å²) in [5.74, 6) is 1.49. The van der Waals surface area contributed by atoms with Gasteiger partial charge in [-0.1, -0.05) is 18.2 Å². The van der Waals surface area contributed by atoms with Crippen molar-refractivity contribution in [3.05, 3.63) is 29.8 Å². The van der Waals surface area contributed by atoms with Gasteiger partial charge in [0.1, 0.15) is 6.61 Å². The molecule has 0 saturated carbocycles. The lowest BCUT2D eigenvalue weighted by atomic mass is 10.1. The Hall–Kier alpha value is -1.69. The minimum absolute atomic E-state index is 0.0160. The van der Waals surface area contributed by atoms with Gasteiger partial charge < -0.3 is 10.1 Å². The molecule has 108 valence electrons. The molecule has 0 aromatic heterocycles. The molecule has 0 unspecified atom stereocenters. The molecule has 6 heteroatoms. The second-order valence-corrected chi connectivity index (χ2v) is 5.54. The van der Waals surface area contributed by atoms with Crippen LogP contribution in [0.4, 0.5) is 10.5 Å². The molecule has 0 atom stereocenters. The Labute approximate surface area is 122 Å². The summed E-state index contributed by atoms with van der Waals surface area (Å²) in [4.78, 5) is 24.1. The molecule has 20 heavy (non-hydrogen) atoms. The van der Waals surface area contributed by atoms with Crippen molar-refractivity contribution in [2.75, 3.05) is 29.7 Å². The van der Waals surface area contributed by atoms with Crippen molar-refractivity contribution in [1.82, 2.24) is 5.32 Å². The molecule has 0 aliphatic carbocycles. The number of hydrogen-bond acceptors (Lipinski definition) is 4. The number of para-hydroxylation sites is 1. The molecule has 1 aliphatic rings. The van der Waals surface area contributed by atoms with Crippen molar-refractivity contribution in [3.63, 3.8) is 0 Å². The van der Waals surface area contributed by atoms with E-state index in [1.165, 1.54) is 6.92 Å². The highest BCUT2D eigenvalue weighted by molar-refractivity contribution is 7.99. The number of nitrogens with one attached hydrogen (secondary N) is 1. The van der Waals surface area contributed by atoms with Gasteiger partial charge in [-0.3, -0.25) is 9.69 Å². The topological polar surface area (TPSA) is 58.6 Å². The Kier molecular flexibility index (Phi) is 5.29. The smallest absolute Gasteiger partial charge is 0.414 e. The molecular weight excluding hydrogens is 276 g/mol. The van der Waals surface area contributed by atoms with Gasteiger partial charge in [0.05, 0.1) is 18.1 Å². The monoisotopic (exact) mass is 294 g/mol. The molecule has 1 heterocycles. The number of rotatable bonds is 6. The number of thioether (sulfide) groups is 1. The molecule has 1 N–H and O–H groups in total. The summed E-state index contributed by atoms with van der Waals surface area (Å²) >= 11 is 1.66. The third-order valence-electron chi connectivity index (χ3n) is 2.98. The van der Waals surface area contributed by atoms with Crippen molar-refractivity contribution in [1.29, 1.82) is 0 Å². The van der Waals surface area contributed by atoms with Crippen LogP contribution in [0.3, 0.4) is 0 Å². The third kappa shape index (κ3) is 3.90. The fourth-order valence-electron chi connectivity index (χ4n) is 2.00. The number of hydrogen-bond donors (Lipinski definition) is 1. The first-order chi connectivity index (χ1) is 9.68. The van der Waals surface area contributed by atoms with Gasteiger partial charge in [-0.05, 0) is 23.8 Å². The molecular formula is C14H18N2O3S. The summed E-state index contributed by atoms with van der Waals surface area (Å²) in [6, 6.07) is 7.87. The number of amides is 2. The van der Waals surface area contributed by atoms with E-state index in [0.29, 0.717) is 19.0 Å². The number of nitrogens with zero attached hydrogens (tertiary/aromatic N) is 1. The average Bonchev–Trinajstić information content (AvgIpc) is 2.85. The van der Waals surface area contributed by atoms with Crippen LogP contribution in [0.15, 0.2) is 24.3 Å². The Morgan fingerprint density at radius 1 is 1.45 bits per heavy atom. The van der Waals surface area contributed by atoms with E-state index in [0.717, 1.165) is 23.4 Å². The molecule has 2 amide bonds. The predicted octanol–water partition coefficient (Wildman–Crippen LogP) is 2.01. The van der Waals surface area contributed by atoms with Gasteiger partial charge in [-0.2, -0.15) is 0 Å². The normalized spacial score (nSPS) is 14.2. The summed E-state index contributed by atoms with van der Waals surface area (Å²) in [6.07, 6.45) is 0.577. The molecule has 1 aromatic rings. The number of carbonyl (C=O) groups is 2. The fourth-order valence-corrected chi connectivity index (χ4v) is 2.82. The number of anilines is 1. The summed E-state index contributed by atoms with van der Waals surface area (Å²) < 4.78 is 4.98. The summed E-state index contributed by atoms with van der Waals surface area (Å²) in [7, 11) is 0. The Morgan fingerprint density at radius 2 is 2.25 bits per heavy atom. The van der Waals surface area contributed by atoms with Gasteiger partial charge in [0, 0.05) is 6.92 Å². The molecule has 5 nitrogen and oxygen atoms in total. The van der Waals surface area contributed by atoms with E-state index in [2.05, 4.69) is 5.32 Å². The average molecular weight is 294 g/mol. The Bertz CT molecular complexity index is 493. The lowest BCUT2D eigenvalue weighted by Gasteiger charge is -2.17. The lowest BCUT2D eigenvalue weighted by molar-refractivity contribution is -0.118. The van der Waals surface area contributed by atoms with Gasteiger partial charge in [0.15, 0.2) is 0 Å². The largest absolute Gasteiger partial charge is 0.447 e. The van der Waals surface area contributed by atoms with E-state index >= 15 is 0 Å². The van der Waals surface area contributed by atoms with Crippen LogP contribution in [-0.2, 0) is 16.0 Å². The van der Waals surface area contributed by atoms with Crippen LogP contribution in [0, 0.1) is 0 Å². The van der Waals surface area contributed by atoms with E-state index < -0.39 is 0 Å². The maximum Gasteiger partial charge on any atom is 0.414 e. The zero-order chi connectivity index (χ0) is 14.4. The number of cyclic esters (lactones) is 1. The SMILES string of the molecule is CC(=O)NCSCCc1ccccc1N1CCOC1=O. The second-order valence-electron chi connectivity index (χ2n) is 4.43. The standard InChI is InChI=1S/C14H18N2O3S/c1-11(17)15-10-20-9-6-12-4-2-3-5-13(12)16-7-8-19-14(16)18/h2-5H,6-10H2,1H3,(H,15,17). The van der Waals surface area contributed by atoms with E-state index in [1.54, 1.807) is 16.7 Å². The van der Waals surface area contributed by atoms with E-state index in [4.69, 9.17) is 4.74 Å². The van der Waals surface area contributed by atoms with Crippen LogP contribution in [0.5, 0.6) is 0 Å². The van der Waals surface area contributed by atoms with Crippen LogP contribution < -0.4 is 10.2 Å². The van der Waals surface area contributed by atoms with Gasteiger partial charge >= 0.3 is 6.09 Å². The maximum absolute atomic E-state index is 11.6. The van der Waals surface area contributed by atoms with Crippen molar-refractivity contribution >= 4 is 29.4 Å². The van der Waals surface area contributed by atoms with Crippen LogP contribution >= 0.6 is 11.8 Å². The van der Waals surface area contributed by atoms with E-state index in [9.17, 15) is 9.59 Å². The number of benzene rings is 1. The van der Waals surface area contributed by atoms with E-state index in [-0.39, 0.29) is 12.0 Å². The van der Waals surface area contributed by atoms with Crippen LogP contribution in [-0.4, -0.2) is 36.8 Å². The Balaban J connectivity index is 1.91. The number of ether oxygens (including phenoxy) is 1. The zero-order valence-corrected chi connectivity index (χ0v) is 12.2. The van der Waals surface area contributed by atoms with E-state index in [1.807, 2.05) is 24.3 Å². The van der Waals surface area contributed by atoms with Gasteiger partial charge in [-0.15, -0.1) is 11.8 Å². The highest BCUT2D eigenvalue weighted by Gasteiger charge is 2.25. The number of aryl methyl sites for hydroxylation is 1. The van der Waals surface area contributed by atoms with Crippen molar-refractivity contribution in [3.8, 4) is 0 Å². The second kappa shape index (κ2) is 7.19. The summed E-state index contributed by atoms with van der Waals surface area (Å²) in [5.41, 5.74) is 2.05. The van der Waals surface area contributed by atoms with Crippen LogP contribution in [0.1, 0.15) is 12.5 Å². The van der Waals surface area contributed by atoms with Crippen molar-refractivity contribution < 1.29 is 14.3 Å². The minimum atomic E-state index is -0.275. The minimum Gasteiger partial charge on any atom is -0.447 e.